The Balaban J connectivity index is 3.48. The molecule has 0 spiro atoms. The van der Waals surface area contributed by atoms with Gasteiger partial charge in [-0.05, 0) is 12.1 Å². The average Bonchev–Trinajstić information content (AvgIpc) is 3.32. The number of halogens is 46. The Morgan fingerprint density at radius 3 is 0.580 bits per heavy atom. The molecule has 0 aliphatic carbocycles. The summed E-state index contributed by atoms with van der Waals surface area (Å²) in [4.78, 5) is 24.9. The van der Waals surface area contributed by atoms with Crippen LogP contribution in [-0.2, 0) is 9.47 Å². The van der Waals surface area contributed by atoms with E-state index in [1.54, 1.807) is 0 Å². The van der Waals surface area contributed by atoms with Gasteiger partial charge in [0, 0.05) is 12.8 Å². The van der Waals surface area contributed by atoms with Gasteiger partial charge in [0.1, 0.15) is 13.2 Å². The van der Waals surface area contributed by atoms with Crippen molar-refractivity contribution >= 4 is 11.9 Å². The third-order valence-electron chi connectivity index (χ3n) is 11.1. The number of hydrogen-bond donors (Lipinski definition) is 2. The second-order valence-corrected chi connectivity index (χ2v) is 17.2. The van der Waals surface area contributed by atoms with E-state index < -0.39 is 192 Å². The molecule has 0 saturated heterocycles. The van der Waals surface area contributed by atoms with E-state index in [1.807, 2.05) is 0 Å². The zero-order chi connectivity index (χ0) is 71.5. The Kier molecular flexibility index (Phi) is 20.5. The van der Waals surface area contributed by atoms with Crippen LogP contribution in [0.25, 0.3) is 0 Å². The molecule has 0 aromatic heterocycles. The van der Waals surface area contributed by atoms with Crippen molar-refractivity contribution in [1.82, 2.24) is 0 Å². The zero-order valence-electron chi connectivity index (χ0n) is 39.2. The van der Waals surface area contributed by atoms with Gasteiger partial charge in [-0.3, -0.25) is 0 Å². The van der Waals surface area contributed by atoms with Crippen LogP contribution in [0.15, 0.2) is 24.3 Å². The van der Waals surface area contributed by atoms with Crippen molar-refractivity contribution in [1.29, 1.82) is 0 Å². The van der Waals surface area contributed by atoms with Crippen LogP contribution in [0.3, 0.4) is 0 Å². The van der Waals surface area contributed by atoms with Crippen molar-refractivity contribution in [2.75, 3.05) is 13.2 Å². The summed E-state index contributed by atoms with van der Waals surface area (Å²) in [5, 5.41) is 19.1. The molecule has 0 aliphatic heterocycles. The molecule has 6 nitrogen and oxygen atoms in total. The maximum Gasteiger partial charge on any atom is 0.460 e. The van der Waals surface area contributed by atoms with E-state index in [1.165, 1.54) is 0 Å². The van der Waals surface area contributed by atoms with Crippen LogP contribution in [-0.4, -0.2) is 178 Å². The Labute approximate surface area is 448 Å². The maximum atomic E-state index is 14.4. The van der Waals surface area contributed by atoms with Crippen molar-refractivity contribution in [3.05, 3.63) is 35.4 Å². The van der Waals surface area contributed by atoms with E-state index in [9.17, 15) is 222 Å². The Hall–Kier alpha value is -5.14. The van der Waals surface area contributed by atoms with E-state index in [0.717, 1.165) is 0 Å². The van der Waals surface area contributed by atoms with Gasteiger partial charge in [-0.2, -0.15) is 202 Å². The molecule has 0 amide bonds. The number of esters is 2. The Bertz CT molecular complexity index is 2470. The summed E-state index contributed by atoms with van der Waals surface area (Å²) in [5.74, 6) is -190. The van der Waals surface area contributed by atoms with E-state index in [2.05, 4.69) is 9.47 Å². The number of ether oxygens (including phenoxy) is 2. The Morgan fingerprint density at radius 1 is 0.273 bits per heavy atom. The van der Waals surface area contributed by atoms with Crippen molar-refractivity contribution < 1.29 is 231 Å². The van der Waals surface area contributed by atoms with Gasteiger partial charge in [-0.1, -0.05) is 12.1 Å². The van der Waals surface area contributed by atoms with E-state index in [0.29, 0.717) is 12.1 Å². The summed E-state index contributed by atoms with van der Waals surface area (Å²) in [6, 6.07) is 0.924. The van der Waals surface area contributed by atoms with Gasteiger partial charge in [0.05, 0.1) is 23.3 Å². The largest absolute Gasteiger partial charge is 0.460 e. The number of benzene rings is 1. The van der Waals surface area contributed by atoms with Crippen LogP contribution >= 0.6 is 0 Å². The first kappa shape index (κ1) is 80.9. The summed E-state index contributed by atoms with van der Waals surface area (Å²) in [5.41, 5.74) is -3.44. The SMILES string of the molecule is O=C(OCC(O)CC(F)(F)C(F)(F)C(F)(F)C(F)(F)C(F)(F)C(F)(F)C(F)(F)C(F)(F)C(F)(F)C(F)(F)C(F)(F)F)c1ccccc1C(=O)OCC(O)CC(F)(F)C(F)(F)C(F)(F)C(F)(F)C(F)(F)C(F)(F)C(F)(F)C(F)(F)C(F)(F)C(F)(F)C(F)(F)F. The lowest BCUT2D eigenvalue weighted by Crippen LogP contribution is -2.77. The molecule has 0 fully saturated rings. The summed E-state index contributed by atoms with van der Waals surface area (Å²) >= 11 is 0. The van der Waals surface area contributed by atoms with Crippen LogP contribution in [0, 0.1) is 0 Å². The third kappa shape index (κ3) is 11.3. The number of aliphatic hydroxyl groups excluding tert-OH is 2. The minimum absolute atomic E-state index is 0.0576. The monoisotopic (exact) mass is 1420 g/mol. The minimum atomic E-state index is -9.80. The molecule has 88 heavy (non-hydrogen) atoms. The van der Waals surface area contributed by atoms with Crippen molar-refractivity contribution in [2.45, 2.75) is 156 Å². The van der Waals surface area contributed by atoms with Gasteiger partial charge >= 0.3 is 143 Å². The quantitative estimate of drug-likeness (QED) is 0.0641. The number of aliphatic hydroxyl groups is 2. The molecule has 52 heteroatoms. The van der Waals surface area contributed by atoms with Crippen LogP contribution < -0.4 is 0 Å². The fourth-order valence-corrected chi connectivity index (χ4v) is 5.88. The lowest BCUT2D eigenvalue weighted by atomic mass is 9.84. The lowest BCUT2D eigenvalue weighted by molar-refractivity contribution is -0.478. The molecule has 0 radical (unpaired) electrons. The molecular formula is C36H16F46O6. The van der Waals surface area contributed by atoms with E-state index in [4.69, 9.17) is 0 Å². The van der Waals surface area contributed by atoms with Gasteiger partial charge in [0.25, 0.3) is 0 Å². The topological polar surface area (TPSA) is 93.1 Å². The summed E-state index contributed by atoms with van der Waals surface area (Å²) in [7, 11) is 0. The molecule has 1 aromatic carbocycles. The van der Waals surface area contributed by atoms with E-state index >= 15 is 0 Å². The highest BCUT2D eigenvalue weighted by molar-refractivity contribution is 6.03. The molecule has 0 heterocycles. The van der Waals surface area contributed by atoms with Crippen molar-refractivity contribution in [3.63, 3.8) is 0 Å². The first-order valence-electron chi connectivity index (χ1n) is 20.3. The van der Waals surface area contributed by atoms with E-state index in [-0.39, 0.29) is 12.1 Å². The summed E-state index contributed by atoms with van der Waals surface area (Å²) < 4.78 is 638. The predicted octanol–water partition coefficient (Wildman–Crippen LogP) is 15.3. The highest BCUT2D eigenvalue weighted by atomic mass is 19.5. The molecule has 1 rings (SSSR count). The minimum Gasteiger partial charge on any atom is -0.459 e. The highest BCUT2D eigenvalue weighted by Gasteiger charge is 3.01. The van der Waals surface area contributed by atoms with Gasteiger partial charge < -0.3 is 19.7 Å². The van der Waals surface area contributed by atoms with Crippen LogP contribution in [0.5, 0.6) is 0 Å². The molecule has 1 aromatic rings. The van der Waals surface area contributed by atoms with Gasteiger partial charge in [-0.15, -0.1) is 0 Å². The molecule has 0 aliphatic rings. The fraction of sp³-hybridized carbons (Fsp3) is 0.778. The molecule has 518 valence electrons. The number of carbonyl (C=O) groups excluding carboxylic acids is 2. The normalized spacial score (nSPS) is 16.8. The molecule has 0 bridgehead atoms. The second kappa shape index (κ2) is 22.3. The van der Waals surface area contributed by atoms with Crippen molar-refractivity contribution in [2.24, 2.45) is 0 Å². The number of rotatable bonds is 28. The molecule has 0 saturated carbocycles. The summed E-state index contributed by atoms with van der Waals surface area (Å²) in [6.45, 7) is -5.33. The first-order valence-corrected chi connectivity index (χ1v) is 20.3. The first-order chi connectivity index (χ1) is 37.8. The predicted molar refractivity (Wildman–Crippen MR) is 179 cm³/mol. The van der Waals surface area contributed by atoms with Crippen LogP contribution in [0.4, 0.5) is 202 Å². The highest BCUT2D eigenvalue weighted by Crippen LogP contribution is 2.70. The number of alkyl halides is 46. The fourth-order valence-electron chi connectivity index (χ4n) is 5.88. The second-order valence-electron chi connectivity index (χ2n) is 17.2. The molecular weight excluding hydrogens is 1400 g/mol. The third-order valence-corrected chi connectivity index (χ3v) is 11.1. The number of hydrogen-bond acceptors (Lipinski definition) is 6. The zero-order valence-corrected chi connectivity index (χ0v) is 39.2. The average molecular weight is 1420 g/mol. The van der Waals surface area contributed by atoms with Crippen molar-refractivity contribution in [3.8, 4) is 0 Å². The maximum absolute atomic E-state index is 14.4. The lowest BCUT2D eigenvalue weighted by Gasteiger charge is -2.45. The molecule has 2 unspecified atom stereocenters. The Morgan fingerprint density at radius 2 is 0.420 bits per heavy atom. The van der Waals surface area contributed by atoms with Crippen LogP contribution in [0.1, 0.15) is 33.6 Å². The van der Waals surface area contributed by atoms with Crippen LogP contribution in [0.2, 0.25) is 0 Å². The summed E-state index contributed by atoms with van der Waals surface area (Å²) in [6.07, 6.45) is -32.6. The number of carbonyl (C=O) groups is 2. The molecule has 2 N–H and O–H groups in total. The van der Waals surface area contributed by atoms with Gasteiger partial charge in [-0.25, -0.2) is 9.59 Å². The van der Waals surface area contributed by atoms with Gasteiger partial charge in [0.15, 0.2) is 0 Å². The smallest absolute Gasteiger partial charge is 0.459 e. The molecule has 2 atom stereocenters. The van der Waals surface area contributed by atoms with Gasteiger partial charge in [0.2, 0.25) is 0 Å². The standard InChI is InChI=1S/C36H16F46O6/c37-15(38,17(41,42)19(45,46)21(49,50)23(53,54)25(57,58)27(61,62)29(65,66)31(69,70)33(73,74)35(77,78)79)5-9(83)7-87-13(85)11-3-1-2-4-12(11)14(86)88-8-10(84)6-16(39,40)18(43,44)20(47,48)22(51,52)24(55,56)26(59,60)28(63,64)30(67,68)32(71,72)34(75,76)36(80,81)82/h1-4,9-10,83-84H,5-8H2.